The van der Waals surface area contributed by atoms with Gasteiger partial charge in [-0.3, -0.25) is 4.55 Å². The molecule has 0 aromatic heterocycles. The van der Waals surface area contributed by atoms with Crippen LogP contribution in [-0.4, -0.2) is 40.9 Å². The third-order valence-corrected chi connectivity index (χ3v) is 2.74. The molecule has 0 atom stereocenters. The zero-order valence-electron chi connectivity index (χ0n) is 10.1. The molecular weight excluding hydrogens is 276 g/mol. The highest BCUT2D eigenvalue weighted by Crippen LogP contribution is 2.04. The second-order valence-electron chi connectivity index (χ2n) is 3.48. The second-order valence-corrected chi connectivity index (χ2v) is 5.05. The van der Waals surface area contributed by atoms with E-state index in [9.17, 15) is 18.0 Å². The van der Waals surface area contributed by atoms with Gasteiger partial charge in [-0.2, -0.15) is 8.42 Å². The second kappa shape index (κ2) is 7.49. The van der Waals surface area contributed by atoms with E-state index < -0.39 is 22.1 Å². The van der Waals surface area contributed by atoms with Crippen LogP contribution in [0.25, 0.3) is 0 Å². The van der Waals surface area contributed by atoms with Gasteiger partial charge in [-0.1, -0.05) is 13.0 Å². The predicted molar refractivity (Wildman–Crippen MR) is 67.1 cm³/mol. The van der Waals surface area contributed by atoms with Gasteiger partial charge in [0.2, 0.25) is 0 Å². The van der Waals surface area contributed by atoms with E-state index in [-0.39, 0.29) is 16.9 Å². The normalized spacial score (nSPS) is 10.2. The van der Waals surface area contributed by atoms with Crippen LogP contribution in [0.15, 0.2) is 24.3 Å². The number of hydrogen-bond acceptors (Lipinski definition) is 4. The van der Waals surface area contributed by atoms with Crippen LogP contribution >= 0.6 is 0 Å². The minimum absolute atomic E-state index is 0.0186. The summed E-state index contributed by atoms with van der Waals surface area (Å²) in [5, 5.41) is 17.0. The van der Waals surface area contributed by atoms with Gasteiger partial charge in [-0.05, 0) is 24.6 Å². The number of aromatic carboxylic acids is 2. The SMILES string of the molecule is CCCS(=O)(=O)O.O=C(O)c1cccc(C(=O)O)c1. The van der Waals surface area contributed by atoms with Crippen molar-refractivity contribution in [1.29, 1.82) is 0 Å². The molecule has 0 spiro atoms. The highest BCUT2D eigenvalue weighted by atomic mass is 32.2. The van der Waals surface area contributed by atoms with Crippen LogP contribution in [0.5, 0.6) is 0 Å². The summed E-state index contributed by atoms with van der Waals surface area (Å²) in [5.74, 6) is -2.39. The molecular formula is C11H14O7S. The molecule has 1 aromatic rings. The number of carboxylic acid groups (broad SMARTS) is 2. The summed E-state index contributed by atoms with van der Waals surface area (Å²) >= 11 is 0. The van der Waals surface area contributed by atoms with Gasteiger partial charge in [0.15, 0.2) is 0 Å². The lowest BCUT2D eigenvalue weighted by atomic mass is 10.1. The maximum absolute atomic E-state index is 10.4. The van der Waals surface area contributed by atoms with Crippen molar-refractivity contribution < 1.29 is 32.8 Å². The third kappa shape index (κ3) is 7.90. The Kier molecular flexibility index (Phi) is 6.73. The fraction of sp³-hybridized carbons (Fsp3) is 0.273. The number of hydrogen-bond donors (Lipinski definition) is 3. The van der Waals surface area contributed by atoms with Gasteiger partial charge in [0, 0.05) is 0 Å². The van der Waals surface area contributed by atoms with Gasteiger partial charge >= 0.3 is 11.9 Å². The Balaban J connectivity index is 0.000000399. The smallest absolute Gasteiger partial charge is 0.335 e. The van der Waals surface area contributed by atoms with Crippen LogP contribution in [0.1, 0.15) is 34.1 Å². The van der Waals surface area contributed by atoms with Gasteiger partial charge in [0.1, 0.15) is 0 Å². The molecule has 0 saturated heterocycles. The minimum Gasteiger partial charge on any atom is -0.478 e. The Morgan fingerprint density at radius 2 is 1.53 bits per heavy atom. The first-order valence-corrected chi connectivity index (χ1v) is 6.80. The zero-order valence-corrected chi connectivity index (χ0v) is 10.9. The molecule has 0 aliphatic carbocycles. The van der Waals surface area contributed by atoms with Crippen LogP contribution in [-0.2, 0) is 10.1 Å². The van der Waals surface area contributed by atoms with Gasteiger partial charge in [-0.15, -0.1) is 0 Å². The Morgan fingerprint density at radius 3 is 1.74 bits per heavy atom. The molecule has 0 unspecified atom stereocenters. The molecule has 1 aromatic carbocycles. The number of benzene rings is 1. The third-order valence-electron chi connectivity index (χ3n) is 1.82. The van der Waals surface area contributed by atoms with Crippen LogP contribution in [0.3, 0.4) is 0 Å². The molecule has 0 saturated carbocycles. The summed E-state index contributed by atoms with van der Waals surface area (Å²) in [6.07, 6.45) is 0.471. The number of rotatable bonds is 4. The van der Waals surface area contributed by atoms with E-state index in [1.54, 1.807) is 6.92 Å². The van der Waals surface area contributed by atoms with E-state index in [1.165, 1.54) is 18.2 Å². The van der Waals surface area contributed by atoms with E-state index in [1.807, 2.05) is 0 Å². The van der Waals surface area contributed by atoms with E-state index in [2.05, 4.69) is 0 Å². The summed E-state index contributed by atoms with van der Waals surface area (Å²) in [5.41, 5.74) is -0.0372. The van der Waals surface area contributed by atoms with Crippen LogP contribution < -0.4 is 0 Å². The lowest BCUT2D eigenvalue weighted by Crippen LogP contribution is -2.01. The van der Waals surface area contributed by atoms with Crippen molar-refractivity contribution in [2.75, 3.05) is 5.75 Å². The van der Waals surface area contributed by atoms with Crippen molar-refractivity contribution in [2.45, 2.75) is 13.3 Å². The standard InChI is InChI=1S/C8H6O4.C3H8O3S/c9-7(10)5-2-1-3-6(4-5)8(11)12;1-2-3-7(4,5)6/h1-4H,(H,9,10)(H,11,12);2-3H2,1H3,(H,4,5,6). The Bertz CT molecular complexity index is 519. The van der Waals surface area contributed by atoms with Crippen LogP contribution in [0, 0.1) is 0 Å². The van der Waals surface area contributed by atoms with Crippen molar-refractivity contribution in [1.82, 2.24) is 0 Å². The minimum atomic E-state index is -3.67. The Morgan fingerprint density at radius 1 is 1.11 bits per heavy atom. The molecule has 0 heterocycles. The van der Waals surface area contributed by atoms with Crippen molar-refractivity contribution in [3.05, 3.63) is 35.4 Å². The predicted octanol–water partition coefficient (Wildman–Crippen LogP) is 1.37. The number of carbonyl (C=O) groups is 2. The molecule has 0 aliphatic heterocycles. The van der Waals surface area contributed by atoms with Crippen molar-refractivity contribution in [3.8, 4) is 0 Å². The maximum atomic E-state index is 10.4. The Labute approximate surface area is 110 Å². The van der Waals surface area contributed by atoms with Gasteiger partial charge < -0.3 is 10.2 Å². The molecule has 19 heavy (non-hydrogen) atoms. The van der Waals surface area contributed by atoms with Gasteiger partial charge in [-0.25, -0.2) is 9.59 Å². The topological polar surface area (TPSA) is 129 Å². The molecule has 1 rings (SSSR count). The average Bonchev–Trinajstić information content (AvgIpc) is 2.28. The first kappa shape index (κ1) is 17.1. The van der Waals surface area contributed by atoms with Crippen LogP contribution in [0.2, 0.25) is 0 Å². The molecule has 0 amide bonds. The van der Waals surface area contributed by atoms with Crippen molar-refractivity contribution in [3.63, 3.8) is 0 Å². The lowest BCUT2D eigenvalue weighted by Gasteiger charge is -1.95. The van der Waals surface area contributed by atoms with E-state index in [4.69, 9.17) is 14.8 Å². The molecule has 3 N–H and O–H groups in total. The summed E-state index contributed by atoms with van der Waals surface area (Å²) in [6.45, 7) is 1.69. The first-order chi connectivity index (χ1) is 8.67. The highest BCUT2D eigenvalue weighted by molar-refractivity contribution is 7.85. The zero-order chi connectivity index (χ0) is 15.1. The lowest BCUT2D eigenvalue weighted by molar-refractivity contribution is 0.0696. The fourth-order valence-electron chi connectivity index (χ4n) is 1.04. The van der Waals surface area contributed by atoms with E-state index >= 15 is 0 Å². The van der Waals surface area contributed by atoms with Crippen LogP contribution in [0.4, 0.5) is 0 Å². The first-order valence-electron chi connectivity index (χ1n) is 5.19. The van der Waals surface area contributed by atoms with E-state index in [0.29, 0.717) is 6.42 Å². The van der Waals surface area contributed by atoms with Crippen molar-refractivity contribution >= 4 is 22.1 Å². The molecule has 0 bridgehead atoms. The Hall–Kier alpha value is -1.93. The van der Waals surface area contributed by atoms with Gasteiger partial charge in [0.25, 0.3) is 10.1 Å². The highest BCUT2D eigenvalue weighted by Gasteiger charge is 2.06. The molecule has 0 aliphatic rings. The van der Waals surface area contributed by atoms with E-state index in [0.717, 1.165) is 6.07 Å². The molecule has 0 fully saturated rings. The molecule has 106 valence electrons. The maximum Gasteiger partial charge on any atom is 0.335 e. The largest absolute Gasteiger partial charge is 0.478 e. The summed E-state index contributed by atoms with van der Waals surface area (Å²) < 4.78 is 27.6. The summed E-state index contributed by atoms with van der Waals surface area (Å²) in [6, 6.07) is 5.20. The molecule has 8 heteroatoms. The monoisotopic (exact) mass is 290 g/mol. The number of carboxylic acids is 2. The average molecular weight is 290 g/mol. The summed E-state index contributed by atoms with van der Waals surface area (Å²) in [7, 11) is -3.67. The quantitative estimate of drug-likeness (QED) is 0.714. The van der Waals surface area contributed by atoms with Gasteiger partial charge in [0.05, 0.1) is 16.9 Å². The molecule has 0 radical (unpaired) electrons. The molecule has 7 nitrogen and oxygen atoms in total. The van der Waals surface area contributed by atoms with Crippen molar-refractivity contribution in [2.24, 2.45) is 0 Å². The summed E-state index contributed by atoms with van der Waals surface area (Å²) in [4.78, 5) is 20.8. The fourth-order valence-corrected chi connectivity index (χ4v) is 1.56.